The molecule has 1 aliphatic carbocycles. The largest absolute Gasteiger partial charge is 0.457 e. The van der Waals surface area contributed by atoms with Gasteiger partial charge in [0.05, 0.1) is 5.41 Å². The van der Waals surface area contributed by atoms with Gasteiger partial charge in [0.25, 0.3) is 0 Å². The average molecular weight is 564 g/mol. The van der Waals surface area contributed by atoms with Crippen LogP contribution in [0.2, 0.25) is 0 Å². The first kappa shape index (κ1) is 24.7. The molecule has 0 fully saturated rings. The van der Waals surface area contributed by atoms with Crippen molar-refractivity contribution in [3.8, 4) is 56.8 Å². The fraction of sp³-hybridized carbons (Fsp3) is 0.0250. The van der Waals surface area contributed by atoms with Crippen molar-refractivity contribution < 1.29 is 4.74 Å². The molecule has 0 unspecified atom stereocenters. The number of rotatable bonds is 3. The highest BCUT2D eigenvalue weighted by Crippen LogP contribution is 2.63. The van der Waals surface area contributed by atoms with Crippen LogP contribution in [0.15, 0.2) is 152 Å². The molecule has 7 aromatic rings. The number of benzene rings is 6. The summed E-state index contributed by atoms with van der Waals surface area (Å²) < 4.78 is 6.51. The van der Waals surface area contributed by atoms with Gasteiger partial charge in [-0.2, -0.15) is 0 Å². The summed E-state index contributed by atoms with van der Waals surface area (Å²) in [6.07, 6.45) is 0. The molecule has 4 heteroatoms. The highest BCUT2D eigenvalue weighted by atomic mass is 16.5. The van der Waals surface area contributed by atoms with E-state index < -0.39 is 5.41 Å². The van der Waals surface area contributed by atoms with Crippen LogP contribution in [0.4, 0.5) is 0 Å². The third kappa shape index (κ3) is 3.48. The van der Waals surface area contributed by atoms with Crippen LogP contribution in [0.5, 0.6) is 11.5 Å². The van der Waals surface area contributed by atoms with Crippen LogP contribution < -0.4 is 4.74 Å². The summed E-state index contributed by atoms with van der Waals surface area (Å²) in [6, 6.07) is 52.4. The SMILES string of the molecule is c1ccc(-c2nc(-c3ccccc3)nc(-c3cccc4c3-c3ccccc3C43c4ccccc4Oc4ccccc43)n2)cc1. The molecular formula is C40H25N3O. The predicted octanol–water partition coefficient (Wildman–Crippen LogP) is 9.34. The van der Waals surface area contributed by atoms with E-state index in [1.54, 1.807) is 0 Å². The Bertz CT molecular complexity index is 2110. The molecule has 2 aliphatic rings. The molecule has 1 aliphatic heterocycles. The Balaban J connectivity index is 1.37. The molecule has 206 valence electrons. The van der Waals surface area contributed by atoms with Gasteiger partial charge in [-0.15, -0.1) is 0 Å². The standard InChI is InChI=1S/C40H25N3O/c1-3-14-26(15-4-1)37-41-38(27-16-5-2-6-17-27)43-39(42-37)29-19-13-23-33-36(29)28-18-7-8-20-30(28)40(33)31-21-9-11-24-34(31)44-35-25-12-10-22-32(35)40/h1-25H. The van der Waals surface area contributed by atoms with Crippen molar-refractivity contribution in [1.29, 1.82) is 0 Å². The minimum Gasteiger partial charge on any atom is -0.457 e. The molecule has 2 heterocycles. The second kappa shape index (κ2) is 9.58. The smallest absolute Gasteiger partial charge is 0.164 e. The lowest BCUT2D eigenvalue weighted by Crippen LogP contribution is -2.32. The van der Waals surface area contributed by atoms with Gasteiger partial charge in [-0.1, -0.05) is 140 Å². The van der Waals surface area contributed by atoms with Crippen molar-refractivity contribution in [2.45, 2.75) is 5.41 Å². The molecule has 1 aromatic heterocycles. The highest BCUT2D eigenvalue weighted by molar-refractivity contribution is 5.95. The van der Waals surface area contributed by atoms with Crippen LogP contribution in [0.3, 0.4) is 0 Å². The van der Waals surface area contributed by atoms with Crippen LogP contribution in [0.25, 0.3) is 45.3 Å². The third-order valence-electron chi connectivity index (χ3n) is 8.81. The highest BCUT2D eigenvalue weighted by Gasteiger charge is 2.51. The Morgan fingerprint density at radius 3 is 1.43 bits per heavy atom. The molecule has 6 aromatic carbocycles. The van der Waals surface area contributed by atoms with E-state index in [0.29, 0.717) is 17.5 Å². The van der Waals surface area contributed by atoms with Crippen LogP contribution >= 0.6 is 0 Å². The summed E-state index contributed by atoms with van der Waals surface area (Å²) in [5.41, 5.74) is 9.32. The van der Waals surface area contributed by atoms with Gasteiger partial charge < -0.3 is 4.74 Å². The van der Waals surface area contributed by atoms with Crippen LogP contribution in [0.1, 0.15) is 22.3 Å². The lowest BCUT2D eigenvalue weighted by atomic mass is 9.66. The van der Waals surface area contributed by atoms with E-state index in [4.69, 9.17) is 19.7 Å². The molecule has 1 spiro atoms. The first-order valence-corrected chi connectivity index (χ1v) is 14.8. The Morgan fingerprint density at radius 1 is 0.364 bits per heavy atom. The summed E-state index contributed by atoms with van der Waals surface area (Å²) in [5.74, 6) is 3.69. The van der Waals surface area contributed by atoms with Gasteiger partial charge in [0.1, 0.15) is 11.5 Å². The molecule has 0 N–H and O–H groups in total. The number of hydrogen-bond acceptors (Lipinski definition) is 4. The van der Waals surface area contributed by atoms with Gasteiger partial charge in [-0.3, -0.25) is 0 Å². The summed E-state index contributed by atoms with van der Waals surface area (Å²) in [5, 5.41) is 0. The summed E-state index contributed by atoms with van der Waals surface area (Å²) >= 11 is 0. The zero-order valence-electron chi connectivity index (χ0n) is 23.7. The van der Waals surface area contributed by atoms with Gasteiger partial charge >= 0.3 is 0 Å². The van der Waals surface area contributed by atoms with Crippen molar-refractivity contribution in [1.82, 2.24) is 15.0 Å². The number of hydrogen-bond donors (Lipinski definition) is 0. The zero-order valence-corrected chi connectivity index (χ0v) is 23.7. The number of nitrogens with zero attached hydrogens (tertiary/aromatic N) is 3. The van der Waals surface area contributed by atoms with E-state index in [-0.39, 0.29) is 0 Å². The molecule has 44 heavy (non-hydrogen) atoms. The molecule has 0 saturated heterocycles. The fourth-order valence-corrected chi connectivity index (χ4v) is 7.02. The summed E-state index contributed by atoms with van der Waals surface area (Å²) in [4.78, 5) is 15.2. The molecular weight excluding hydrogens is 538 g/mol. The van der Waals surface area contributed by atoms with Crippen LogP contribution in [0, 0.1) is 0 Å². The normalized spacial score (nSPS) is 13.4. The first-order chi connectivity index (χ1) is 21.8. The topological polar surface area (TPSA) is 47.9 Å². The van der Waals surface area contributed by atoms with Crippen molar-refractivity contribution >= 4 is 0 Å². The maximum atomic E-state index is 6.51. The number of fused-ring (bicyclic) bond motifs is 9. The quantitative estimate of drug-likeness (QED) is 0.215. The molecule has 0 radical (unpaired) electrons. The van der Waals surface area contributed by atoms with E-state index in [1.165, 1.54) is 16.7 Å². The molecule has 0 bridgehead atoms. The van der Waals surface area contributed by atoms with Gasteiger partial charge in [-0.25, -0.2) is 15.0 Å². The zero-order chi connectivity index (χ0) is 29.1. The van der Waals surface area contributed by atoms with Gasteiger partial charge in [0.2, 0.25) is 0 Å². The van der Waals surface area contributed by atoms with Crippen molar-refractivity contribution in [2.75, 3.05) is 0 Å². The molecule has 0 atom stereocenters. The van der Waals surface area contributed by atoms with Crippen LogP contribution in [-0.2, 0) is 5.41 Å². The van der Waals surface area contributed by atoms with E-state index in [9.17, 15) is 0 Å². The third-order valence-corrected chi connectivity index (χ3v) is 8.81. The Kier molecular flexibility index (Phi) is 5.38. The van der Waals surface area contributed by atoms with Crippen molar-refractivity contribution in [3.63, 3.8) is 0 Å². The second-order valence-corrected chi connectivity index (χ2v) is 11.2. The summed E-state index contributed by atoms with van der Waals surface area (Å²) in [6.45, 7) is 0. The van der Waals surface area contributed by atoms with Gasteiger partial charge in [0.15, 0.2) is 17.5 Å². The minimum absolute atomic E-state index is 0.551. The van der Waals surface area contributed by atoms with Crippen molar-refractivity contribution in [2.24, 2.45) is 0 Å². The van der Waals surface area contributed by atoms with E-state index in [0.717, 1.165) is 44.9 Å². The van der Waals surface area contributed by atoms with Gasteiger partial charge in [0, 0.05) is 27.8 Å². The second-order valence-electron chi connectivity index (χ2n) is 11.2. The number of ether oxygens (including phenoxy) is 1. The Morgan fingerprint density at radius 2 is 0.818 bits per heavy atom. The lowest BCUT2D eigenvalue weighted by molar-refractivity contribution is 0.436. The Hall–Kier alpha value is -5.87. The predicted molar refractivity (Wildman–Crippen MR) is 174 cm³/mol. The van der Waals surface area contributed by atoms with E-state index in [1.807, 2.05) is 72.8 Å². The molecule has 9 rings (SSSR count). The van der Waals surface area contributed by atoms with Crippen LogP contribution in [-0.4, -0.2) is 15.0 Å². The lowest BCUT2D eigenvalue weighted by Gasteiger charge is -2.39. The van der Waals surface area contributed by atoms with E-state index in [2.05, 4.69) is 78.9 Å². The van der Waals surface area contributed by atoms with Crippen molar-refractivity contribution in [3.05, 3.63) is 174 Å². The first-order valence-electron chi connectivity index (χ1n) is 14.8. The fourth-order valence-electron chi connectivity index (χ4n) is 7.02. The van der Waals surface area contributed by atoms with Gasteiger partial charge in [-0.05, 0) is 34.4 Å². The summed E-state index contributed by atoms with van der Waals surface area (Å²) in [7, 11) is 0. The Labute approximate surface area is 255 Å². The molecule has 4 nitrogen and oxygen atoms in total. The maximum absolute atomic E-state index is 6.51. The number of para-hydroxylation sites is 2. The average Bonchev–Trinajstić information content (AvgIpc) is 3.40. The van der Waals surface area contributed by atoms with E-state index >= 15 is 0 Å². The monoisotopic (exact) mass is 563 g/mol. The number of aromatic nitrogens is 3. The minimum atomic E-state index is -0.551. The maximum Gasteiger partial charge on any atom is 0.164 e. The molecule has 0 saturated carbocycles. The molecule has 0 amide bonds.